The molecule has 0 aliphatic heterocycles. The molecule has 2 N–H and O–H groups in total. The predicted octanol–water partition coefficient (Wildman–Crippen LogP) is 6.02. The third-order valence-corrected chi connectivity index (χ3v) is 12.6. The monoisotopic (exact) mass is 456 g/mol. The van der Waals surface area contributed by atoms with E-state index in [0.717, 1.165) is 51.4 Å². The van der Waals surface area contributed by atoms with Crippen LogP contribution in [0.5, 0.6) is 0 Å². The topological polar surface area (TPSA) is 74.6 Å². The van der Waals surface area contributed by atoms with Crippen LogP contribution in [0.2, 0.25) is 0 Å². The van der Waals surface area contributed by atoms with Crippen LogP contribution in [0.15, 0.2) is 11.6 Å². The van der Waals surface area contributed by atoms with E-state index in [2.05, 4.69) is 41.5 Å². The van der Waals surface area contributed by atoms with Crippen molar-refractivity contribution in [2.75, 3.05) is 0 Å². The average Bonchev–Trinajstić information content (AvgIpc) is 2.72. The highest BCUT2D eigenvalue weighted by Gasteiger charge is 2.69. The number of carboxylic acids is 1. The van der Waals surface area contributed by atoms with E-state index in [0.29, 0.717) is 12.3 Å². The maximum absolute atomic E-state index is 14.1. The van der Waals surface area contributed by atoms with E-state index in [4.69, 9.17) is 0 Å². The summed E-state index contributed by atoms with van der Waals surface area (Å²) in [5, 5.41) is 20.6. The Morgan fingerprint density at radius 2 is 1.64 bits per heavy atom. The van der Waals surface area contributed by atoms with Crippen molar-refractivity contribution in [3.05, 3.63) is 11.6 Å². The van der Waals surface area contributed by atoms with E-state index >= 15 is 0 Å². The number of hydrogen-bond acceptors (Lipinski definition) is 3. The molecule has 0 aromatic carbocycles. The lowest BCUT2D eigenvalue weighted by Crippen LogP contribution is -2.66. The molecule has 0 aromatic rings. The summed E-state index contributed by atoms with van der Waals surface area (Å²) in [6.45, 7) is 13.9. The van der Waals surface area contributed by atoms with E-state index in [1.807, 2.05) is 6.08 Å². The number of carbonyl (C=O) groups excluding carboxylic acids is 1. The molecule has 7 unspecified atom stereocenters. The van der Waals surface area contributed by atoms with E-state index in [9.17, 15) is 19.8 Å². The SMILES string of the molecule is CC12CCC(C(=O)O)CC1C1=CC(=O)C3C4(C)CCC(O)C(C)(C)C4CC[C@@]3(C)[C@]1(C)CC2. The Bertz CT molecular complexity index is 919. The fraction of sp³-hybridized carbons (Fsp3) is 0.862. The summed E-state index contributed by atoms with van der Waals surface area (Å²) in [4.78, 5) is 26.0. The Morgan fingerprint density at radius 3 is 2.30 bits per heavy atom. The van der Waals surface area contributed by atoms with Crippen LogP contribution in [0.25, 0.3) is 0 Å². The molecule has 4 nitrogen and oxygen atoms in total. The summed E-state index contributed by atoms with van der Waals surface area (Å²) < 4.78 is 0. The molecule has 5 aliphatic carbocycles. The molecule has 0 bridgehead atoms. The number of carboxylic acid groups (broad SMARTS) is 1. The van der Waals surface area contributed by atoms with E-state index in [1.54, 1.807) is 0 Å². The molecule has 0 radical (unpaired) electrons. The predicted molar refractivity (Wildman–Crippen MR) is 128 cm³/mol. The van der Waals surface area contributed by atoms with Gasteiger partial charge < -0.3 is 10.2 Å². The molecule has 0 heterocycles. The van der Waals surface area contributed by atoms with Gasteiger partial charge in [-0.3, -0.25) is 9.59 Å². The Morgan fingerprint density at radius 1 is 0.939 bits per heavy atom. The van der Waals surface area contributed by atoms with Crippen LogP contribution in [-0.4, -0.2) is 28.1 Å². The van der Waals surface area contributed by atoms with Gasteiger partial charge in [0.15, 0.2) is 5.78 Å². The number of aliphatic hydroxyl groups is 1. The second kappa shape index (κ2) is 6.95. The summed E-state index contributed by atoms with van der Waals surface area (Å²) in [6, 6.07) is 0. The number of hydrogen-bond donors (Lipinski definition) is 2. The van der Waals surface area contributed by atoms with Crippen molar-refractivity contribution in [1.29, 1.82) is 0 Å². The van der Waals surface area contributed by atoms with Gasteiger partial charge in [0.25, 0.3) is 0 Å². The molecule has 4 saturated carbocycles. The second-order valence-corrected chi connectivity index (χ2v) is 14.2. The van der Waals surface area contributed by atoms with Gasteiger partial charge in [-0.1, -0.05) is 47.1 Å². The summed E-state index contributed by atoms with van der Waals surface area (Å²) >= 11 is 0. The Kier molecular flexibility index (Phi) is 4.97. The molecule has 33 heavy (non-hydrogen) atoms. The second-order valence-electron chi connectivity index (χ2n) is 14.2. The molecule has 4 fully saturated rings. The van der Waals surface area contributed by atoms with Crippen LogP contribution in [-0.2, 0) is 9.59 Å². The van der Waals surface area contributed by atoms with Crippen LogP contribution >= 0.6 is 0 Å². The Balaban J connectivity index is 1.61. The minimum atomic E-state index is -0.674. The Labute approximate surface area is 199 Å². The van der Waals surface area contributed by atoms with Gasteiger partial charge in [0.2, 0.25) is 0 Å². The number of allylic oxidation sites excluding steroid dienone is 2. The highest BCUT2D eigenvalue weighted by atomic mass is 16.4. The molecule has 5 rings (SSSR count). The number of carbonyl (C=O) groups is 2. The first-order valence-corrected chi connectivity index (χ1v) is 13.4. The van der Waals surface area contributed by atoms with Crippen LogP contribution in [0.3, 0.4) is 0 Å². The fourth-order valence-electron chi connectivity index (χ4n) is 10.2. The van der Waals surface area contributed by atoms with Crippen LogP contribution in [0.4, 0.5) is 0 Å². The third kappa shape index (κ3) is 2.85. The molecule has 4 heteroatoms. The number of ketones is 1. The third-order valence-electron chi connectivity index (χ3n) is 12.6. The van der Waals surface area contributed by atoms with Crippen LogP contribution in [0, 0.1) is 50.7 Å². The molecule has 184 valence electrons. The van der Waals surface area contributed by atoms with Gasteiger partial charge in [0.1, 0.15) is 0 Å². The zero-order valence-corrected chi connectivity index (χ0v) is 21.5. The van der Waals surface area contributed by atoms with Crippen molar-refractivity contribution in [1.82, 2.24) is 0 Å². The highest BCUT2D eigenvalue weighted by molar-refractivity contribution is 5.95. The van der Waals surface area contributed by atoms with Crippen LogP contribution < -0.4 is 0 Å². The number of fused-ring (bicyclic) bond motifs is 7. The molecule has 0 aromatic heterocycles. The summed E-state index contributed by atoms with van der Waals surface area (Å²) in [5.74, 6) is -0.163. The molecule has 0 spiro atoms. The number of rotatable bonds is 1. The number of aliphatic hydroxyl groups excluding tert-OH is 1. The molecular weight excluding hydrogens is 412 g/mol. The maximum atomic E-state index is 14.1. The normalized spacial score (nSPS) is 53.1. The zero-order chi connectivity index (χ0) is 24.2. The van der Waals surface area contributed by atoms with Gasteiger partial charge in [-0.15, -0.1) is 0 Å². The van der Waals surface area contributed by atoms with E-state index in [-0.39, 0.29) is 56.7 Å². The van der Waals surface area contributed by atoms with E-state index < -0.39 is 5.97 Å². The van der Waals surface area contributed by atoms with Gasteiger partial charge in [-0.05, 0) is 103 Å². The van der Waals surface area contributed by atoms with Gasteiger partial charge in [-0.2, -0.15) is 0 Å². The average molecular weight is 457 g/mol. The molecular formula is C29H44O4. The van der Waals surface area contributed by atoms with Gasteiger partial charge in [-0.25, -0.2) is 0 Å². The van der Waals surface area contributed by atoms with Crippen molar-refractivity contribution < 1.29 is 19.8 Å². The lowest BCUT2D eigenvalue weighted by atomic mass is 9.33. The first-order chi connectivity index (χ1) is 15.2. The summed E-state index contributed by atoms with van der Waals surface area (Å²) in [5.41, 5.74) is 0.929. The summed E-state index contributed by atoms with van der Waals surface area (Å²) in [7, 11) is 0. The minimum absolute atomic E-state index is 0.0208. The van der Waals surface area contributed by atoms with Crippen molar-refractivity contribution in [2.24, 2.45) is 50.7 Å². The quantitative estimate of drug-likeness (QED) is 0.506. The largest absolute Gasteiger partial charge is 0.481 e. The highest BCUT2D eigenvalue weighted by Crippen LogP contribution is 2.74. The molecule has 9 atom stereocenters. The Hall–Kier alpha value is -1.16. The smallest absolute Gasteiger partial charge is 0.306 e. The lowest BCUT2D eigenvalue weighted by Gasteiger charge is -2.70. The number of aliphatic carboxylic acids is 1. The first-order valence-electron chi connectivity index (χ1n) is 13.4. The lowest BCUT2D eigenvalue weighted by molar-refractivity contribution is -0.201. The fourth-order valence-corrected chi connectivity index (χ4v) is 10.2. The zero-order valence-electron chi connectivity index (χ0n) is 21.5. The van der Waals surface area contributed by atoms with Gasteiger partial charge in [0, 0.05) is 5.92 Å². The van der Waals surface area contributed by atoms with E-state index in [1.165, 1.54) is 5.57 Å². The van der Waals surface area contributed by atoms with Gasteiger partial charge >= 0.3 is 5.97 Å². The van der Waals surface area contributed by atoms with Crippen molar-refractivity contribution >= 4 is 11.8 Å². The molecule has 0 saturated heterocycles. The summed E-state index contributed by atoms with van der Waals surface area (Å²) in [6.07, 6.45) is 10.1. The van der Waals surface area contributed by atoms with Gasteiger partial charge in [0.05, 0.1) is 12.0 Å². The van der Waals surface area contributed by atoms with Crippen molar-refractivity contribution in [3.63, 3.8) is 0 Å². The first kappa shape index (κ1) is 23.6. The van der Waals surface area contributed by atoms with Crippen molar-refractivity contribution in [3.8, 4) is 0 Å². The standard InChI is InChI=1S/C29H44O4/c1-25(2)21-8-12-29(6)23(27(21,4)11-9-22(25)31)20(30)16-19-18-15-17(24(32)33)7-10-26(18,3)13-14-28(19,29)5/h16-18,21-23,31H,7-15H2,1-6H3,(H,32,33)/t17?,18?,21?,22?,23?,26?,27?,28-,29-/m1/s1. The maximum Gasteiger partial charge on any atom is 0.306 e. The van der Waals surface area contributed by atoms with Crippen molar-refractivity contribution in [2.45, 2.75) is 105 Å². The minimum Gasteiger partial charge on any atom is -0.481 e. The molecule has 0 amide bonds. The molecule has 5 aliphatic rings. The van der Waals surface area contributed by atoms with Crippen LogP contribution in [0.1, 0.15) is 99.3 Å².